The summed E-state index contributed by atoms with van der Waals surface area (Å²) >= 11 is 0. The maximum atomic E-state index is 13.6. The van der Waals surface area contributed by atoms with E-state index in [0.717, 1.165) is 25.1 Å². The van der Waals surface area contributed by atoms with E-state index in [4.69, 9.17) is 4.74 Å². The highest BCUT2D eigenvalue weighted by Gasteiger charge is 2.25. The van der Waals surface area contributed by atoms with E-state index < -0.39 is 0 Å². The second-order valence-corrected chi connectivity index (χ2v) is 6.13. The van der Waals surface area contributed by atoms with Gasteiger partial charge in [0.2, 0.25) is 0 Å². The number of nitrogens with zero attached hydrogens (tertiary/aromatic N) is 1. The fourth-order valence-electron chi connectivity index (χ4n) is 3.17. The number of benzene rings is 2. The van der Waals surface area contributed by atoms with Crippen molar-refractivity contribution < 1.29 is 14.2 Å². The fourth-order valence-corrected chi connectivity index (χ4v) is 3.17. The first kappa shape index (κ1) is 16.4. The van der Waals surface area contributed by atoms with Crippen LogP contribution in [-0.2, 0) is 6.61 Å². The molecule has 0 radical (unpaired) electrons. The number of ether oxygens (including phenoxy) is 1. The second kappa shape index (κ2) is 7.39. The molecule has 3 rings (SSSR count). The Morgan fingerprint density at radius 2 is 1.96 bits per heavy atom. The van der Waals surface area contributed by atoms with E-state index in [-0.39, 0.29) is 18.2 Å². The summed E-state index contributed by atoms with van der Waals surface area (Å²) in [5.41, 5.74) is 1.65. The molecule has 3 nitrogen and oxygen atoms in total. The second-order valence-electron chi connectivity index (χ2n) is 6.13. The molecule has 0 aromatic heterocycles. The molecule has 1 aliphatic rings. The lowest BCUT2D eigenvalue weighted by Gasteiger charge is -2.26. The van der Waals surface area contributed by atoms with Gasteiger partial charge in [-0.25, -0.2) is 4.39 Å². The van der Waals surface area contributed by atoms with Crippen molar-refractivity contribution >= 4 is 5.69 Å². The molecule has 1 unspecified atom stereocenters. The molecule has 0 saturated carbocycles. The molecule has 0 aliphatic carbocycles. The van der Waals surface area contributed by atoms with Crippen molar-refractivity contribution in [3.05, 3.63) is 72.2 Å². The average Bonchev–Trinajstić information content (AvgIpc) is 3.02. The average molecular weight is 327 g/mol. The monoisotopic (exact) mass is 327 g/mol. The Bertz CT molecular complexity index is 699. The van der Waals surface area contributed by atoms with Gasteiger partial charge in [-0.2, -0.15) is 0 Å². The van der Waals surface area contributed by atoms with E-state index >= 15 is 0 Å². The van der Waals surface area contributed by atoms with Gasteiger partial charge < -0.3 is 14.7 Å². The minimum absolute atomic E-state index is 0.211. The highest BCUT2D eigenvalue weighted by atomic mass is 19.1. The standard InChI is InChI=1S/C20H22FNO2/c1-15(23)13-18-6-4-12-22(18)17-8-10-19(11-9-17)24-14-16-5-2-3-7-20(16)21/h2-3,5,7-11,18,23H,1,4,6,12-14H2. The molecule has 24 heavy (non-hydrogen) atoms. The molecular formula is C20H22FNO2. The summed E-state index contributed by atoms with van der Waals surface area (Å²) in [7, 11) is 0. The van der Waals surface area contributed by atoms with Crippen molar-refractivity contribution in [2.45, 2.75) is 31.9 Å². The highest BCUT2D eigenvalue weighted by Crippen LogP contribution is 2.30. The first-order valence-electron chi connectivity index (χ1n) is 8.23. The van der Waals surface area contributed by atoms with Crippen LogP contribution < -0.4 is 9.64 Å². The van der Waals surface area contributed by atoms with Crippen LogP contribution in [0.15, 0.2) is 60.9 Å². The lowest BCUT2D eigenvalue weighted by molar-refractivity contribution is 0.300. The van der Waals surface area contributed by atoms with E-state index in [1.165, 1.54) is 6.07 Å². The maximum absolute atomic E-state index is 13.6. The van der Waals surface area contributed by atoms with Crippen LogP contribution in [0.1, 0.15) is 24.8 Å². The molecule has 0 amide bonds. The normalized spacial score (nSPS) is 17.0. The first-order chi connectivity index (χ1) is 11.6. The summed E-state index contributed by atoms with van der Waals surface area (Å²) in [6, 6.07) is 14.7. The van der Waals surface area contributed by atoms with Gasteiger partial charge >= 0.3 is 0 Å². The smallest absolute Gasteiger partial charge is 0.129 e. The maximum Gasteiger partial charge on any atom is 0.129 e. The van der Waals surface area contributed by atoms with Crippen LogP contribution in [0, 0.1) is 5.82 Å². The van der Waals surface area contributed by atoms with Crippen molar-refractivity contribution in [2.24, 2.45) is 0 Å². The summed E-state index contributed by atoms with van der Waals surface area (Å²) in [5.74, 6) is 0.694. The number of halogens is 1. The Kier molecular flexibility index (Phi) is 5.04. The van der Waals surface area contributed by atoms with Gasteiger partial charge in [0.15, 0.2) is 0 Å². The molecule has 2 aromatic rings. The number of hydrogen-bond acceptors (Lipinski definition) is 3. The topological polar surface area (TPSA) is 32.7 Å². The van der Waals surface area contributed by atoms with Crippen LogP contribution in [0.25, 0.3) is 0 Å². The molecule has 126 valence electrons. The number of aliphatic hydroxyl groups excluding tert-OH is 1. The molecule has 4 heteroatoms. The predicted octanol–water partition coefficient (Wildman–Crippen LogP) is 4.84. The van der Waals surface area contributed by atoms with Gasteiger partial charge in [-0.3, -0.25) is 0 Å². The number of hydrogen-bond donors (Lipinski definition) is 1. The SMILES string of the molecule is C=C(O)CC1CCCN1c1ccc(OCc2ccccc2F)cc1. The van der Waals surface area contributed by atoms with E-state index in [1.807, 2.05) is 24.3 Å². The molecule has 0 bridgehead atoms. The van der Waals surface area contributed by atoms with Crippen molar-refractivity contribution in [3.8, 4) is 5.75 Å². The van der Waals surface area contributed by atoms with Gasteiger partial charge in [0, 0.05) is 30.3 Å². The molecule has 1 saturated heterocycles. The molecule has 1 fully saturated rings. The molecule has 1 heterocycles. The number of aliphatic hydroxyl groups is 1. The first-order valence-corrected chi connectivity index (χ1v) is 8.23. The molecule has 2 aromatic carbocycles. The zero-order chi connectivity index (χ0) is 16.9. The predicted molar refractivity (Wildman–Crippen MR) is 93.9 cm³/mol. The summed E-state index contributed by atoms with van der Waals surface area (Å²) in [4.78, 5) is 2.29. The van der Waals surface area contributed by atoms with E-state index in [1.54, 1.807) is 18.2 Å². The van der Waals surface area contributed by atoms with E-state index in [9.17, 15) is 9.50 Å². The van der Waals surface area contributed by atoms with Gasteiger partial charge in [0.1, 0.15) is 18.2 Å². The van der Waals surface area contributed by atoms with E-state index in [0.29, 0.717) is 23.8 Å². The van der Waals surface area contributed by atoms with E-state index in [2.05, 4.69) is 11.5 Å². The van der Waals surface area contributed by atoms with Gasteiger partial charge in [0.05, 0.1) is 5.76 Å². The molecule has 1 N–H and O–H groups in total. The largest absolute Gasteiger partial charge is 0.513 e. The van der Waals surface area contributed by atoms with Crippen LogP contribution in [-0.4, -0.2) is 17.7 Å². The molecule has 1 atom stereocenters. The van der Waals surface area contributed by atoms with Crippen molar-refractivity contribution in [2.75, 3.05) is 11.4 Å². The highest BCUT2D eigenvalue weighted by molar-refractivity contribution is 5.51. The van der Waals surface area contributed by atoms with Crippen LogP contribution in [0.2, 0.25) is 0 Å². The third-order valence-electron chi connectivity index (χ3n) is 4.37. The van der Waals surface area contributed by atoms with Crippen molar-refractivity contribution in [1.29, 1.82) is 0 Å². The van der Waals surface area contributed by atoms with Crippen LogP contribution >= 0.6 is 0 Å². The molecular weight excluding hydrogens is 305 g/mol. The van der Waals surface area contributed by atoms with Gasteiger partial charge in [-0.1, -0.05) is 24.8 Å². The lowest BCUT2D eigenvalue weighted by Crippen LogP contribution is -2.29. The zero-order valence-corrected chi connectivity index (χ0v) is 13.6. The fraction of sp³-hybridized carbons (Fsp3) is 0.300. The third-order valence-corrected chi connectivity index (χ3v) is 4.37. The summed E-state index contributed by atoms with van der Waals surface area (Å²) in [6.45, 7) is 4.79. The number of rotatable bonds is 6. The van der Waals surface area contributed by atoms with Crippen LogP contribution in [0.5, 0.6) is 5.75 Å². The quantitative estimate of drug-likeness (QED) is 0.771. The van der Waals surface area contributed by atoms with Gasteiger partial charge in [-0.05, 0) is 43.2 Å². The number of anilines is 1. The third kappa shape index (κ3) is 3.88. The lowest BCUT2D eigenvalue weighted by atomic mass is 10.1. The molecule has 0 spiro atoms. The van der Waals surface area contributed by atoms with Crippen LogP contribution in [0.3, 0.4) is 0 Å². The Balaban J connectivity index is 1.63. The van der Waals surface area contributed by atoms with Crippen molar-refractivity contribution in [3.63, 3.8) is 0 Å². The minimum atomic E-state index is -0.252. The van der Waals surface area contributed by atoms with Crippen molar-refractivity contribution in [1.82, 2.24) is 0 Å². The Morgan fingerprint density at radius 1 is 1.21 bits per heavy atom. The summed E-state index contributed by atoms with van der Waals surface area (Å²) in [5, 5.41) is 9.45. The molecule has 1 aliphatic heterocycles. The van der Waals surface area contributed by atoms with Crippen LogP contribution in [0.4, 0.5) is 10.1 Å². The van der Waals surface area contributed by atoms with Gasteiger partial charge in [0.25, 0.3) is 0 Å². The summed E-state index contributed by atoms with van der Waals surface area (Å²) < 4.78 is 19.3. The zero-order valence-electron chi connectivity index (χ0n) is 13.6. The Hall–Kier alpha value is -2.49. The minimum Gasteiger partial charge on any atom is -0.513 e. The van der Waals surface area contributed by atoms with Gasteiger partial charge in [-0.15, -0.1) is 0 Å². The Morgan fingerprint density at radius 3 is 2.67 bits per heavy atom. The Labute approximate surface area is 142 Å². The summed E-state index contributed by atoms with van der Waals surface area (Å²) in [6.07, 6.45) is 2.78.